The molecule has 29 heavy (non-hydrogen) atoms. The maximum atomic E-state index is 6.09. The lowest BCUT2D eigenvalue weighted by Gasteiger charge is -2.35. The third kappa shape index (κ3) is 3.97. The molecule has 152 valence electrons. The molecule has 4 rings (SSSR count). The SMILES string of the molecule is C/C=C\c1c(/C=C/CC)c2ccc(C3=CNC(OC4CC(C)C4)C=C3)cc2n1C. The van der Waals surface area contributed by atoms with Crippen molar-refractivity contribution in [2.24, 2.45) is 13.0 Å². The fourth-order valence-electron chi connectivity index (χ4n) is 4.31. The van der Waals surface area contributed by atoms with E-state index in [9.17, 15) is 0 Å². The van der Waals surface area contributed by atoms with Gasteiger partial charge in [-0.25, -0.2) is 0 Å². The Morgan fingerprint density at radius 1 is 1.24 bits per heavy atom. The summed E-state index contributed by atoms with van der Waals surface area (Å²) in [5.74, 6) is 0.806. The van der Waals surface area contributed by atoms with Gasteiger partial charge in [0.2, 0.25) is 0 Å². The van der Waals surface area contributed by atoms with Crippen LogP contribution in [0.4, 0.5) is 0 Å². The fraction of sp³-hybridized carbons (Fsp3) is 0.385. The summed E-state index contributed by atoms with van der Waals surface area (Å²) in [4.78, 5) is 0. The van der Waals surface area contributed by atoms with Crippen LogP contribution >= 0.6 is 0 Å². The van der Waals surface area contributed by atoms with Crippen LogP contribution in [0.1, 0.15) is 56.9 Å². The highest BCUT2D eigenvalue weighted by atomic mass is 16.5. The van der Waals surface area contributed by atoms with E-state index >= 15 is 0 Å². The van der Waals surface area contributed by atoms with Crippen molar-refractivity contribution in [2.75, 3.05) is 0 Å². The van der Waals surface area contributed by atoms with Crippen LogP contribution in [0.25, 0.3) is 28.6 Å². The van der Waals surface area contributed by atoms with E-state index in [1.54, 1.807) is 0 Å². The number of rotatable bonds is 6. The van der Waals surface area contributed by atoms with Gasteiger partial charge in [0, 0.05) is 35.4 Å². The van der Waals surface area contributed by atoms with E-state index in [2.05, 4.69) is 98.6 Å². The number of dihydropyridines is 1. The Bertz CT molecular complexity index is 999. The number of aromatic nitrogens is 1. The Morgan fingerprint density at radius 2 is 2.07 bits per heavy atom. The minimum atomic E-state index is -0.0119. The molecule has 3 heteroatoms. The van der Waals surface area contributed by atoms with Crippen molar-refractivity contribution in [3.63, 3.8) is 0 Å². The monoisotopic (exact) mass is 388 g/mol. The molecule has 1 N–H and O–H groups in total. The highest BCUT2D eigenvalue weighted by Gasteiger charge is 2.28. The van der Waals surface area contributed by atoms with Crippen LogP contribution in [0.2, 0.25) is 0 Å². The average Bonchev–Trinajstić information content (AvgIpc) is 2.97. The van der Waals surface area contributed by atoms with Gasteiger partial charge in [-0.15, -0.1) is 0 Å². The summed E-state index contributed by atoms with van der Waals surface area (Å²) in [6.45, 7) is 6.53. The molecule has 0 amide bonds. The Labute approximate surface area is 174 Å². The van der Waals surface area contributed by atoms with E-state index in [-0.39, 0.29) is 6.23 Å². The van der Waals surface area contributed by atoms with Crippen LogP contribution < -0.4 is 5.32 Å². The van der Waals surface area contributed by atoms with Gasteiger partial charge in [0.05, 0.1) is 6.10 Å². The second-order valence-corrected chi connectivity index (χ2v) is 8.28. The largest absolute Gasteiger partial charge is 0.362 e. The number of aryl methyl sites for hydroxylation is 1. The number of fused-ring (bicyclic) bond motifs is 1. The second-order valence-electron chi connectivity index (χ2n) is 8.28. The van der Waals surface area contributed by atoms with Gasteiger partial charge in [0.1, 0.15) is 6.23 Å². The molecule has 1 fully saturated rings. The molecule has 1 aliphatic heterocycles. The van der Waals surface area contributed by atoms with Crippen LogP contribution in [-0.4, -0.2) is 16.9 Å². The number of nitrogens with zero attached hydrogens (tertiary/aromatic N) is 1. The van der Waals surface area contributed by atoms with Crippen LogP contribution in [0, 0.1) is 5.92 Å². The van der Waals surface area contributed by atoms with Crippen molar-refractivity contribution in [3.05, 3.63) is 65.5 Å². The summed E-state index contributed by atoms with van der Waals surface area (Å²) in [5.41, 5.74) is 6.20. The van der Waals surface area contributed by atoms with Gasteiger partial charge in [0.15, 0.2) is 0 Å². The quantitative estimate of drug-likeness (QED) is 0.630. The standard InChI is InChI=1S/C26H32N2O/c1-5-7-9-22-23-12-10-19(16-25(23)28(4)24(22)8-6-2)20-11-13-26(27-17-20)29-21-14-18(3)15-21/h6-13,16-18,21,26-27H,5,14-15H2,1-4H3/b8-6-,9-7+. The number of ether oxygens (including phenoxy) is 1. The predicted molar refractivity (Wildman–Crippen MR) is 124 cm³/mol. The molecule has 3 nitrogen and oxygen atoms in total. The van der Waals surface area contributed by atoms with Gasteiger partial charge in [0.25, 0.3) is 0 Å². The Morgan fingerprint density at radius 3 is 2.72 bits per heavy atom. The maximum absolute atomic E-state index is 6.09. The molecule has 1 saturated carbocycles. The van der Waals surface area contributed by atoms with Gasteiger partial charge in [-0.3, -0.25) is 0 Å². The van der Waals surface area contributed by atoms with Crippen molar-refractivity contribution in [3.8, 4) is 0 Å². The summed E-state index contributed by atoms with van der Waals surface area (Å²) >= 11 is 0. The van der Waals surface area contributed by atoms with Crippen LogP contribution in [0.15, 0.2) is 48.7 Å². The Kier molecular flexibility index (Phi) is 5.77. The molecule has 0 saturated heterocycles. The molecule has 0 bridgehead atoms. The van der Waals surface area contributed by atoms with Gasteiger partial charge in [-0.2, -0.15) is 0 Å². The predicted octanol–water partition coefficient (Wildman–Crippen LogP) is 6.28. The zero-order valence-corrected chi connectivity index (χ0v) is 18.0. The zero-order chi connectivity index (χ0) is 20.4. The maximum Gasteiger partial charge on any atom is 0.147 e. The molecule has 1 aromatic heterocycles. The molecule has 1 aliphatic carbocycles. The lowest BCUT2D eigenvalue weighted by atomic mass is 9.84. The molecule has 1 atom stereocenters. The Balaban J connectivity index is 1.59. The Hall–Kier alpha value is -2.52. The number of hydrogen-bond acceptors (Lipinski definition) is 2. The molecule has 1 unspecified atom stereocenters. The minimum Gasteiger partial charge on any atom is -0.362 e. The molecule has 1 aromatic carbocycles. The minimum absolute atomic E-state index is 0.0119. The number of nitrogens with one attached hydrogen (secondary N) is 1. The summed E-state index contributed by atoms with van der Waals surface area (Å²) < 4.78 is 8.38. The molecule has 0 radical (unpaired) electrons. The average molecular weight is 389 g/mol. The molecule has 2 aromatic rings. The van der Waals surface area contributed by atoms with E-state index in [1.807, 2.05) is 0 Å². The molecular weight excluding hydrogens is 356 g/mol. The topological polar surface area (TPSA) is 26.2 Å². The third-order valence-corrected chi connectivity index (χ3v) is 5.99. The van der Waals surface area contributed by atoms with Crippen molar-refractivity contribution < 1.29 is 4.74 Å². The fourth-order valence-corrected chi connectivity index (χ4v) is 4.31. The van der Waals surface area contributed by atoms with Gasteiger partial charge in [-0.1, -0.05) is 50.3 Å². The molecule has 2 heterocycles. The molecular formula is C26H32N2O. The van der Waals surface area contributed by atoms with Crippen molar-refractivity contribution >= 4 is 28.6 Å². The number of allylic oxidation sites excluding steroid dienone is 4. The highest BCUT2D eigenvalue weighted by molar-refractivity contribution is 5.96. The van der Waals surface area contributed by atoms with Crippen molar-refractivity contribution in [1.29, 1.82) is 0 Å². The van der Waals surface area contributed by atoms with E-state index in [1.165, 1.54) is 46.1 Å². The summed E-state index contributed by atoms with van der Waals surface area (Å²) in [6, 6.07) is 6.76. The summed E-state index contributed by atoms with van der Waals surface area (Å²) in [7, 11) is 2.15. The third-order valence-electron chi connectivity index (χ3n) is 5.99. The van der Waals surface area contributed by atoms with E-state index < -0.39 is 0 Å². The highest BCUT2D eigenvalue weighted by Crippen LogP contribution is 2.32. The number of benzene rings is 1. The van der Waals surface area contributed by atoms with Crippen LogP contribution in [-0.2, 0) is 11.8 Å². The first-order chi connectivity index (χ1) is 14.1. The number of hydrogen-bond donors (Lipinski definition) is 1. The van der Waals surface area contributed by atoms with Crippen LogP contribution in [0.3, 0.4) is 0 Å². The van der Waals surface area contributed by atoms with Crippen molar-refractivity contribution in [2.45, 2.75) is 52.4 Å². The zero-order valence-electron chi connectivity index (χ0n) is 18.0. The van der Waals surface area contributed by atoms with E-state index in [4.69, 9.17) is 4.74 Å². The van der Waals surface area contributed by atoms with Gasteiger partial charge >= 0.3 is 0 Å². The van der Waals surface area contributed by atoms with Gasteiger partial charge in [-0.05, 0) is 61.5 Å². The lowest BCUT2D eigenvalue weighted by molar-refractivity contribution is -0.0610. The van der Waals surface area contributed by atoms with Crippen molar-refractivity contribution in [1.82, 2.24) is 9.88 Å². The first-order valence-corrected chi connectivity index (χ1v) is 10.8. The van der Waals surface area contributed by atoms with Crippen LogP contribution in [0.5, 0.6) is 0 Å². The molecule has 0 spiro atoms. The van der Waals surface area contributed by atoms with E-state index in [0.29, 0.717) is 6.10 Å². The smallest absolute Gasteiger partial charge is 0.147 e. The summed E-state index contributed by atoms with van der Waals surface area (Å²) in [6.07, 6.45) is 19.0. The van der Waals surface area contributed by atoms with E-state index in [0.717, 1.165) is 12.3 Å². The second kappa shape index (κ2) is 8.46. The first kappa shape index (κ1) is 19.8. The molecule has 2 aliphatic rings. The first-order valence-electron chi connectivity index (χ1n) is 10.8. The normalized spacial score (nSPS) is 24.3. The lowest BCUT2D eigenvalue weighted by Crippen LogP contribution is -2.38. The van der Waals surface area contributed by atoms with Gasteiger partial charge < -0.3 is 14.6 Å². The summed E-state index contributed by atoms with van der Waals surface area (Å²) in [5, 5.41) is 4.70.